The van der Waals surface area contributed by atoms with Crippen LogP contribution in [0.2, 0.25) is 0 Å². The Morgan fingerprint density at radius 2 is 2.20 bits per heavy atom. The number of piperidine rings is 1. The van der Waals surface area contributed by atoms with E-state index >= 15 is 0 Å². The SMILES string of the molecule is CC(C)(CN1CCCCC1=O)C(=O)NN. The summed E-state index contributed by atoms with van der Waals surface area (Å²) in [7, 11) is 0. The van der Waals surface area contributed by atoms with Gasteiger partial charge in [0.1, 0.15) is 0 Å². The summed E-state index contributed by atoms with van der Waals surface area (Å²) >= 11 is 0. The standard InChI is InChI=1S/C10H19N3O2/c1-10(2,9(15)12-11)7-13-6-4-3-5-8(13)14/h3-7,11H2,1-2H3,(H,12,15). The van der Waals surface area contributed by atoms with Crippen LogP contribution in [0.1, 0.15) is 33.1 Å². The predicted molar refractivity (Wildman–Crippen MR) is 56.5 cm³/mol. The van der Waals surface area contributed by atoms with Crippen molar-refractivity contribution in [1.82, 2.24) is 10.3 Å². The van der Waals surface area contributed by atoms with Gasteiger partial charge >= 0.3 is 0 Å². The molecule has 3 N–H and O–H groups in total. The van der Waals surface area contributed by atoms with Crippen LogP contribution < -0.4 is 11.3 Å². The highest BCUT2D eigenvalue weighted by molar-refractivity contribution is 5.83. The van der Waals surface area contributed by atoms with E-state index in [9.17, 15) is 9.59 Å². The lowest BCUT2D eigenvalue weighted by Gasteiger charge is -2.33. The molecule has 0 saturated carbocycles. The van der Waals surface area contributed by atoms with Crippen molar-refractivity contribution < 1.29 is 9.59 Å². The molecule has 1 saturated heterocycles. The van der Waals surface area contributed by atoms with Crippen molar-refractivity contribution >= 4 is 11.8 Å². The van der Waals surface area contributed by atoms with E-state index in [1.54, 1.807) is 18.7 Å². The molecule has 1 aliphatic rings. The maximum atomic E-state index is 11.5. The molecule has 0 radical (unpaired) electrons. The number of hydrogen-bond donors (Lipinski definition) is 2. The summed E-state index contributed by atoms with van der Waals surface area (Å²) in [6.45, 7) is 4.77. The minimum Gasteiger partial charge on any atom is -0.342 e. The molecular formula is C10H19N3O2. The van der Waals surface area contributed by atoms with E-state index in [0.717, 1.165) is 19.4 Å². The Morgan fingerprint density at radius 1 is 1.53 bits per heavy atom. The minimum atomic E-state index is -0.623. The van der Waals surface area contributed by atoms with Crippen LogP contribution in [0.15, 0.2) is 0 Å². The lowest BCUT2D eigenvalue weighted by Crippen LogP contribution is -2.49. The number of nitrogens with one attached hydrogen (secondary N) is 1. The van der Waals surface area contributed by atoms with Gasteiger partial charge in [-0.25, -0.2) is 5.84 Å². The van der Waals surface area contributed by atoms with Crippen LogP contribution in [0.25, 0.3) is 0 Å². The zero-order chi connectivity index (χ0) is 11.5. The molecule has 0 aliphatic carbocycles. The van der Waals surface area contributed by atoms with Crippen molar-refractivity contribution in [2.24, 2.45) is 11.3 Å². The van der Waals surface area contributed by atoms with E-state index in [-0.39, 0.29) is 11.8 Å². The van der Waals surface area contributed by atoms with Gasteiger partial charge in [0.2, 0.25) is 11.8 Å². The van der Waals surface area contributed by atoms with Gasteiger partial charge < -0.3 is 4.90 Å². The van der Waals surface area contributed by atoms with Gasteiger partial charge in [-0.2, -0.15) is 0 Å². The van der Waals surface area contributed by atoms with Gasteiger partial charge in [0.05, 0.1) is 5.41 Å². The summed E-state index contributed by atoms with van der Waals surface area (Å²) in [6, 6.07) is 0. The Kier molecular flexibility index (Phi) is 3.68. The third-order valence-corrected chi connectivity index (χ3v) is 2.75. The van der Waals surface area contributed by atoms with Crippen LogP contribution >= 0.6 is 0 Å². The molecule has 5 heteroatoms. The summed E-state index contributed by atoms with van der Waals surface area (Å²) in [5.74, 6) is 5.00. The van der Waals surface area contributed by atoms with Gasteiger partial charge in [-0.3, -0.25) is 15.0 Å². The van der Waals surface area contributed by atoms with Gasteiger partial charge in [0.25, 0.3) is 0 Å². The molecule has 1 fully saturated rings. The average Bonchev–Trinajstić information content (AvgIpc) is 2.20. The second kappa shape index (κ2) is 4.61. The second-order valence-electron chi connectivity index (χ2n) is 4.63. The van der Waals surface area contributed by atoms with E-state index < -0.39 is 5.41 Å². The van der Waals surface area contributed by atoms with Gasteiger partial charge in [0, 0.05) is 19.5 Å². The lowest BCUT2D eigenvalue weighted by molar-refractivity contribution is -0.138. The highest BCUT2D eigenvalue weighted by Crippen LogP contribution is 2.20. The first kappa shape index (κ1) is 12.0. The Morgan fingerprint density at radius 3 is 2.73 bits per heavy atom. The maximum Gasteiger partial charge on any atom is 0.241 e. The van der Waals surface area contributed by atoms with Gasteiger partial charge in [0.15, 0.2) is 0 Å². The van der Waals surface area contributed by atoms with E-state index in [1.165, 1.54) is 0 Å². The molecule has 0 unspecified atom stereocenters. The fraction of sp³-hybridized carbons (Fsp3) is 0.800. The molecule has 0 spiro atoms. The molecule has 1 heterocycles. The average molecular weight is 213 g/mol. The molecule has 5 nitrogen and oxygen atoms in total. The first-order valence-corrected chi connectivity index (χ1v) is 5.26. The Labute approximate surface area is 90.0 Å². The zero-order valence-corrected chi connectivity index (χ0v) is 9.38. The van der Waals surface area contributed by atoms with E-state index in [2.05, 4.69) is 5.43 Å². The highest BCUT2D eigenvalue weighted by atomic mass is 16.2. The molecule has 86 valence electrons. The minimum absolute atomic E-state index is 0.138. The van der Waals surface area contributed by atoms with Crippen molar-refractivity contribution in [2.45, 2.75) is 33.1 Å². The summed E-state index contributed by atoms with van der Waals surface area (Å²) in [6.07, 6.45) is 2.57. The summed E-state index contributed by atoms with van der Waals surface area (Å²) in [5.41, 5.74) is 1.51. The van der Waals surface area contributed by atoms with Crippen LogP contribution in [-0.2, 0) is 9.59 Å². The van der Waals surface area contributed by atoms with E-state index in [0.29, 0.717) is 13.0 Å². The van der Waals surface area contributed by atoms with Gasteiger partial charge in [-0.15, -0.1) is 0 Å². The molecule has 0 atom stereocenters. The first-order valence-electron chi connectivity index (χ1n) is 5.26. The van der Waals surface area contributed by atoms with Crippen molar-refractivity contribution in [3.8, 4) is 0 Å². The number of likely N-dealkylation sites (tertiary alicyclic amines) is 1. The number of nitrogens with zero attached hydrogens (tertiary/aromatic N) is 1. The van der Waals surface area contributed by atoms with Crippen molar-refractivity contribution in [3.05, 3.63) is 0 Å². The van der Waals surface area contributed by atoms with Crippen LogP contribution in [0.4, 0.5) is 0 Å². The highest BCUT2D eigenvalue weighted by Gasteiger charge is 2.32. The Hall–Kier alpha value is -1.10. The molecule has 0 aromatic carbocycles. The molecule has 0 aromatic rings. The van der Waals surface area contributed by atoms with Crippen LogP contribution in [0.3, 0.4) is 0 Å². The molecular weight excluding hydrogens is 194 g/mol. The smallest absolute Gasteiger partial charge is 0.241 e. The summed E-state index contributed by atoms with van der Waals surface area (Å²) in [5, 5.41) is 0. The molecule has 1 aliphatic heterocycles. The maximum absolute atomic E-state index is 11.5. The monoisotopic (exact) mass is 213 g/mol. The van der Waals surface area contributed by atoms with Crippen LogP contribution in [0, 0.1) is 5.41 Å². The molecule has 0 aromatic heterocycles. The first-order chi connectivity index (χ1) is 6.97. The zero-order valence-electron chi connectivity index (χ0n) is 9.38. The summed E-state index contributed by atoms with van der Waals surface area (Å²) in [4.78, 5) is 24.7. The molecule has 1 rings (SSSR count). The number of nitrogens with two attached hydrogens (primary N) is 1. The van der Waals surface area contributed by atoms with Gasteiger partial charge in [-0.05, 0) is 26.7 Å². The quantitative estimate of drug-likeness (QED) is 0.394. The molecule has 2 amide bonds. The Bertz CT molecular complexity index is 263. The Balaban J connectivity index is 2.59. The third kappa shape index (κ3) is 2.92. The number of hydrogen-bond acceptors (Lipinski definition) is 3. The van der Waals surface area contributed by atoms with Crippen molar-refractivity contribution in [2.75, 3.05) is 13.1 Å². The number of amides is 2. The fourth-order valence-corrected chi connectivity index (χ4v) is 1.77. The fourth-order valence-electron chi connectivity index (χ4n) is 1.77. The second-order valence-corrected chi connectivity index (χ2v) is 4.63. The number of hydrazine groups is 1. The van der Waals surface area contributed by atoms with Crippen molar-refractivity contribution in [3.63, 3.8) is 0 Å². The van der Waals surface area contributed by atoms with Crippen LogP contribution in [0.5, 0.6) is 0 Å². The third-order valence-electron chi connectivity index (χ3n) is 2.75. The van der Waals surface area contributed by atoms with Crippen LogP contribution in [-0.4, -0.2) is 29.8 Å². The van der Waals surface area contributed by atoms with Gasteiger partial charge in [-0.1, -0.05) is 0 Å². The number of carbonyl (C=O) groups excluding carboxylic acids is 2. The number of carbonyl (C=O) groups is 2. The summed E-state index contributed by atoms with van der Waals surface area (Å²) < 4.78 is 0. The predicted octanol–water partition coefficient (Wildman–Crippen LogP) is 0.0150. The lowest BCUT2D eigenvalue weighted by atomic mass is 9.91. The normalized spacial score (nSPS) is 17.8. The largest absolute Gasteiger partial charge is 0.342 e. The molecule has 0 bridgehead atoms. The van der Waals surface area contributed by atoms with E-state index in [4.69, 9.17) is 5.84 Å². The number of rotatable bonds is 3. The topological polar surface area (TPSA) is 75.4 Å². The van der Waals surface area contributed by atoms with Crippen molar-refractivity contribution in [1.29, 1.82) is 0 Å². The molecule has 15 heavy (non-hydrogen) atoms. The van der Waals surface area contributed by atoms with E-state index in [1.807, 2.05) is 0 Å².